The van der Waals surface area contributed by atoms with Gasteiger partial charge < -0.3 is 25.0 Å². The van der Waals surface area contributed by atoms with Gasteiger partial charge in [-0.1, -0.05) is 23.4 Å². The number of carbonyl (C=O) groups is 3. The van der Waals surface area contributed by atoms with E-state index in [2.05, 4.69) is 32.8 Å². The maximum Gasteiger partial charge on any atom is 0.235 e. The molecule has 10 heteroatoms. The van der Waals surface area contributed by atoms with Gasteiger partial charge in [-0.3, -0.25) is 14.4 Å². The lowest BCUT2D eigenvalue weighted by atomic mass is 10.2. The van der Waals surface area contributed by atoms with E-state index < -0.39 is 0 Å². The third-order valence-electron chi connectivity index (χ3n) is 4.78. The van der Waals surface area contributed by atoms with E-state index in [9.17, 15) is 14.4 Å². The Morgan fingerprint density at radius 2 is 1.77 bits per heavy atom. The summed E-state index contributed by atoms with van der Waals surface area (Å²) in [5.41, 5.74) is 1.17. The standard InChI is InChI=1S/C21H27N5O4S/c1-16-13-18(24-30-16)23-20(28)15-31-14-19(27)22-8-7-21(29)26-11-9-25(10-12-26)17-5-3-2-4-6-17/h2-6,13H,7-12,14-15H2,1H3,(H,22,27)(H,23,24,28). The average Bonchev–Trinajstić information content (AvgIpc) is 3.18. The van der Waals surface area contributed by atoms with E-state index in [-0.39, 0.29) is 35.6 Å². The highest BCUT2D eigenvalue weighted by Crippen LogP contribution is 2.15. The van der Waals surface area contributed by atoms with Crippen LogP contribution in [0.25, 0.3) is 0 Å². The molecular weight excluding hydrogens is 418 g/mol. The van der Waals surface area contributed by atoms with Crippen LogP contribution in [-0.2, 0) is 14.4 Å². The number of anilines is 2. The van der Waals surface area contributed by atoms with Gasteiger partial charge in [0.1, 0.15) is 5.76 Å². The van der Waals surface area contributed by atoms with Crippen LogP contribution in [0.4, 0.5) is 11.5 Å². The van der Waals surface area contributed by atoms with Gasteiger partial charge >= 0.3 is 0 Å². The van der Waals surface area contributed by atoms with Gasteiger partial charge in [-0.05, 0) is 19.1 Å². The van der Waals surface area contributed by atoms with Gasteiger partial charge in [0.05, 0.1) is 11.5 Å². The molecule has 31 heavy (non-hydrogen) atoms. The first-order valence-electron chi connectivity index (χ1n) is 10.2. The Hall–Kier alpha value is -3.01. The van der Waals surface area contributed by atoms with Crippen LogP contribution < -0.4 is 15.5 Å². The monoisotopic (exact) mass is 445 g/mol. The number of hydrogen-bond donors (Lipinski definition) is 2. The molecule has 2 heterocycles. The number of rotatable bonds is 9. The summed E-state index contributed by atoms with van der Waals surface area (Å²) in [4.78, 5) is 40.2. The van der Waals surface area contributed by atoms with Crippen LogP contribution in [0.5, 0.6) is 0 Å². The molecule has 0 spiro atoms. The highest BCUT2D eigenvalue weighted by molar-refractivity contribution is 8.00. The van der Waals surface area contributed by atoms with Crippen molar-refractivity contribution in [2.75, 3.05) is 54.4 Å². The van der Waals surface area contributed by atoms with E-state index in [0.29, 0.717) is 31.2 Å². The summed E-state index contributed by atoms with van der Waals surface area (Å²) in [6.07, 6.45) is 0.272. The maximum atomic E-state index is 12.4. The second kappa shape index (κ2) is 11.4. The van der Waals surface area contributed by atoms with Crippen LogP contribution in [0.15, 0.2) is 40.9 Å². The van der Waals surface area contributed by atoms with Gasteiger partial charge in [0.15, 0.2) is 5.82 Å². The Balaban J connectivity index is 1.25. The fourth-order valence-electron chi connectivity index (χ4n) is 3.21. The van der Waals surface area contributed by atoms with Crippen molar-refractivity contribution in [1.82, 2.24) is 15.4 Å². The molecular formula is C21H27N5O4S. The highest BCUT2D eigenvalue weighted by atomic mass is 32.2. The molecule has 0 unspecified atom stereocenters. The molecule has 0 saturated carbocycles. The fraction of sp³-hybridized carbons (Fsp3) is 0.429. The van der Waals surface area contributed by atoms with Crippen molar-refractivity contribution in [2.45, 2.75) is 13.3 Å². The predicted molar refractivity (Wildman–Crippen MR) is 120 cm³/mol. The number of thioether (sulfide) groups is 1. The largest absolute Gasteiger partial charge is 0.368 e. The molecule has 2 aromatic rings. The minimum absolute atomic E-state index is 0.0444. The molecule has 2 N–H and O–H groups in total. The second-order valence-corrected chi connectivity index (χ2v) is 8.15. The quantitative estimate of drug-likeness (QED) is 0.602. The summed E-state index contributed by atoms with van der Waals surface area (Å²) in [5.74, 6) is 0.834. The Labute approximate surface area is 185 Å². The third-order valence-corrected chi connectivity index (χ3v) is 5.71. The minimum Gasteiger partial charge on any atom is -0.368 e. The molecule has 3 rings (SSSR count). The molecule has 3 amide bonds. The zero-order valence-electron chi connectivity index (χ0n) is 17.5. The number of aryl methyl sites for hydroxylation is 1. The van der Waals surface area contributed by atoms with Crippen LogP contribution in [-0.4, -0.2) is 72.0 Å². The van der Waals surface area contributed by atoms with Gasteiger partial charge in [-0.15, -0.1) is 11.8 Å². The number of carbonyl (C=O) groups excluding carboxylic acids is 3. The first kappa shape index (κ1) is 22.7. The Bertz CT molecular complexity index is 881. The number of amides is 3. The number of hydrogen-bond acceptors (Lipinski definition) is 7. The van der Waals surface area contributed by atoms with E-state index in [1.807, 2.05) is 23.1 Å². The first-order valence-corrected chi connectivity index (χ1v) is 11.3. The van der Waals surface area contributed by atoms with E-state index >= 15 is 0 Å². The van der Waals surface area contributed by atoms with Crippen LogP contribution in [0.1, 0.15) is 12.2 Å². The highest BCUT2D eigenvalue weighted by Gasteiger charge is 2.21. The summed E-state index contributed by atoms with van der Waals surface area (Å²) in [7, 11) is 0. The van der Waals surface area contributed by atoms with Gasteiger partial charge in [-0.2, -0.15) is 0 Å². The molecule has 1 saturated heterocycles. The summed E-state index contributed by atoms with van der Waals surface area (Å²) in [6, 6.07) is 11.8. The van der Waals surface area contributed by atoms with Gasteiger partial charge in [0, 0.05) is 50.9 Å². The molecule has 166 valence electrons. The number of piperazine rings is 1. The Morgan fingerprint density at radius 3 is 2.45 bits per heavy atom. The minimum atomic E-state index is -0.254. The van der Waals surface area contributed by atoms with Crippen molar-refractivity contribution in [3.05, 3.63) is 42.2 Å². The number of nitrogens with one attached hydrogen (secondary N) is 2. The van der Waals surface area contributed by atoms with Crippen LogP contribution in [0.3, 0.4) is 0 Å². The van der Waals surface area contributed by atoms with E-state index in [0.717, 1.165) is 13.1 Å². The second-order valence-electron chi connectivity index (χ2n) is 7.17. The van der Waals surface area contributed by atoms with Crippen molar-refractivity contribution in [3.63, 3.8) is 0 Å². The molecule has 0 bridgehead atoms. The first-order chi connectivity index (χ1) is 15.0. The summed E-state index contributed by atoms with van der Waals surface area (Å²) in [6.45, 7) is 4.98. The van der Waals surface area contributed by atoms with Crippen LogP contribution >= 0.6 is 11.8 Å². The smallest absolute Gasteiger partial charge is 0.235 e. The molecule has 1 fully saturated rings. The zero-order chi connectivity index (χ0) is 22.1. The van der Waals surface area contributed by atoms with Gasteiger partial charge in [0.2, 0.25) is 17.7 Å². The van der Waals surface area contributed by atoms with Crippen molar-refractivity contribution in [1.29, 1.82) is 0 Å². The lowest BCUT2D eigenvalue weighted by Gasteiger charge is -2.36. The van der Waals surface area contributed by atoms with E-state index in [4.69, 9.17) is 4.52 Å². The van der Waals surface area contributed by atoms with Crippen molar-refractivity contribution < 1.29 is 18.9 Å². The number of para-hydroxylation sites is 1. The topological polar surface area (TPSA) is 108 Å². The SMILES string of the molecule is Cc1cc(NC(=O)CSCC(=O)NCCC(=O)N2CCN(c3ccccc3)CC2)no1. The lowest BCUT2D eigenvalue weighted by Crippen LogP contribution is -2.49. The molecule has 1 aliphatic heterocycles. The molecule has 1 aromatic carbocycles. The average molecular weight is 446 g/mol. The summed E-state index contributed by atoms with van der Waals surface area (Å²) >= 11 is 1.20. The Morgan fingerprint density at radius 1 is 1.06 bits per heavy atom. The number of benzene rings is 1. The van der Waals surface area contributed by atoms with Crippen molar-refractivity contribution >= 4 is 41.0 Å². The molecule has 9 nitrogen and oxygen atoms in total. The summed E-state index contributed by atoms with van der Waals surface area (Å²) < 4.78 is 4.87. The van der Waals surface area contributed by atoms with Crippen molar-refractivity contribution in [2.24, 2.45) is 0 Å². The molecule has 0 radical (unpaired) electrons. The normalized spacial score (nSPS) is 13.7. The number of aromatic nitrogens is 1. The molecule has 0 aliphatic carbocycles. The molecule has 1 aliphatic rings. The molecule has 1 aromatic heterocycles. The summed E-state index contributed by atoms with van der Waals surface area (Å²) in [5, 5.41) is 9.01. The lowest BCUT2D eigenvalue weighted by molar-refractivity contribution is -0.131. The maximum absolute atomic E-state index is 12.4. The van der Waals surface area contributed by atoms with E-state index in [1.165, 1.54) is 17.4 Å². The third kappa shape index (κ3) is 7.32. The Kier molecular flexibility index (Phi) is 8.34. The van der Waals surface area contributed by atoms with Crippen molar-refractivity contribution in [3.8, 4) is 0 Å². The molecule has 0 atom stereocenters. The van der Waals surface area contributed by atoms with Gasteiger partial charge in [0.25, 0.3) is 0 Å². The zero-order valence-corrected chi connectivity index (χ0v) is 18.3. The van der Waals surface area contributed by atoms with Crippen LogP contribution in [0.2, 0.25) is 0 Å². The predicted octanol–water partition coefficient (Wildman–Crippen LogP) is 1.51. The fourth-order valence-corrected chi connectivity index (χ4v) is 3.86. The van der Waals surface area contributed by atoms with Gasteiger partial charge in [-0.25, -0.2) is 0 Å². The van der Waals surface area contributed by atoms with E-state index in [1.54, 1.807) is 13.0 Å². The number of nitrogens with zero attached hydrogens (tertiary/aromatic N) is 3. The van der Waals surface area contributed by atoms with Crippen LogP contribution in [0, 0.1) is 6.92 Å².